The summed E-state index contributed by atoms with van der Waals surface area (Å²) in [6.07, 6.45) is 2.27. The SMILES string of the molecule is CS(=O)(=O)O.OCCCc1ccc(F)cc1. The molecule has 0 saturated heterocycles. The number of rotatable bonds is 3. The molecule has 0 spiro atoms. The van der Waals surface area contributed by atoms with E-state index in [9.17, 15) is 12.8 Å². The van der Waals surface area contributed by atoms with Gasteiger partial charge in [0.25, 0.3) is 10.1 Å². The molecule has 0 atom stereocenters. The van der Waals surface area contributed by atoms with Crippen LogP contribution in [-0.4, -0.2) is 30.9 Å². The van der Waals surface area contributed by atoms with Gasteiger partial charge in [-0.3, -0.25) is 4.55 Å². The summed E-state index contributed by atoms with van der Waals surface area (Å²) in [4.78, 5) is 0. The highest BCUT2D eigenvalue weighted by molar-refractivity contribution is 7.85. The molecule has 0 aliphatic carbocycles. The van der Waals surface area contributed by atoms with E-state index in [1.807, 2.05) is 0 Å². The van der Waals surface area contributed by atoms with Crippen molar-refractivity contribution in [1.29, 1.82) is 0 Å². The van der Waals surface area contributed by atoms with Crippen LogP contribution < -0.4 is 0 Å². The van der Waals surface area contributed by atoms with E-state index in [1.165, 1.54) is 12.1 Å². The van der Waals surface area contributed by atoms with Gasteiger partial charge < -0.3 is 5.11 Å². The van der Waals surface area contributed by atoms with Crippen LogP contribution in [0.5, 0.6) is 0 Å². The Morgan fingerprint density at radius 3 is 2.06 bits per heavy atom. The fraction of sp³-hybridized carbons (Fsp3) is 0.400. The highest BCUT2D eigenvalue weighted by Gasteiger charge is 1.92. The summed E-state index contributed by atoms with van der Waals surface area (Å²) in [5, 5.41) is 8.51. The summed E-state index contributed by atoms with van der Waals surface area (Å²) < 4.78 is 38.2. The predicted octanol–water partition coefficient (Wildman–Crippen LogP) is 1.25. The smallest absolute Gasteiger partial charge is 0.261 e. The lowest BCUT2D eigenvalue weighted by Crippen LogP contribution is -1.88. The number of benzene rings is 1. The molecule has 0 amide bonds. The van der Waals surface area contributed by atoms with Crippen LogP contribution in [0.25, 0.3) is 0 Å². The van der Waals surface area contributed by atoms with Crippen molar-refractivity contribution in [3.05, 3.63) is 35.6 Å². The number of halogens is 1. The zero-order valence-electron chi connectivity index (χ0n) is 8.93. The number of hydrogen-bond acceptors (Lipinski definition) is 3. The summed E-state index contributed by atoms with van der Waals surface area (Å²) in [6, 6.07) is 6.36. The Bertz CT molecular complexity index is 378. The zero-order valence-corrected chi connectivity index (χ0v) is 9.74. The van der Waals surface area contributed by atoms with E-state index in [0.29, 0.717) is 6.26 Å². The van der Waals surface area contributed by atoms with E-state index in [4.69, 9.17) is 9.66 Å². The van der Waals surface area contributed by atoms with Crippen molar-refractivity contribution in [1.82, 2.24) is 0 Å². The van der Waals surface area contributed by atoms with Gasteiger partial charge in [-0.25, -0.2) is 4.39 Å². The van der Waals surface area contributed by atoms with E-state index < -0.39 is 10.1 Å². The first-order valence-electron chi connectivity index (χ1n) is 4.60. The quantitative estimate of drug-likeness (QED) is 0.792. The lowest BCUT2D eigenvalue weighted by molar-refractivity contribution is 0.288. The van der Waals surface area contributed by atoms with Gasteiger partial charge in [-0.1, -0.05) is 12.1 Å². The van der Waals surface area contributed by atoms with Crippen LogP contribution in [0.1, 0.15) is 12.0 Å². The number of aryl methyl sites for hydroxylation is 1. The Balaban J connectivity index is 0.000000385. The van der Waals surface area contributed by atoms with Crippen molar-refractivity contribution in [2.24, 2.45) is 0 Å². The molecule has 6 heteroatoms. The van der Waals surface area contributed by atoms with Crippen molar-refractivity contribution in [2.45, 2.75) is 12.8 Å². The summed E-state index contributed by atoms with van der Waals surface area (Å²) in [7, 11) is -3.67. The van der Waals surface area contributed by atoms with Gasteiger partial charge in [-0.05, 0) is 30.5 Å². The summed E-state index contributed by atoms with van der Waals surface area (Å²) in [6.45, 7) is 0.192. The highest BCUT2D eigenvalue weighted by atomic mass is 32.2. The van der Waals surface area contributed by atoms with Crippen LogP contribution in [0.4, 0.5) is 4.39 Å². The number of aliphatic hydroxyl groups is 1. The molecule has 0 bridgehead atoms. The van der Waals surface area contributed by atoms with Crippen molar-refractivity contribution in [3.8, 4) is 0 Å². The summed E-state index contributed by atoms with van der Waals surface area (Å²) in [5.74, 6) is -0.210. The van der Waals surface area contributed by atoms with E-state index in [-0.39, 0.29) is 12.4 Å². The first-order valence-corrected chi connectivity index (χ1v) is 6.45. The monoisotopic (exact) mass is 250 g/mol. The minimum Gasteiger partial charge on any atom is -0.396 e. The molecule has 0 heterocycles. The van der Waals surface area contributed by atoms with E-state index >= 15 is 0 Å². The Labute approximate surface area is 94.5 Å². The maximum atomic E-state index is 12.4. The molecule has 0 aliphatic rings. The van der Waals surface area contributed by atoms with E-state index in [0.717, 1.165) is 18.4 Å². The second kappa shape index (κ2) is 7.32. The highest BCUT2D eigenvalue weighted by Crippen LogP contribution is 2.04. The predicted molar refractivity (Wildman–Crippen MR) is 59.3 cm³/mol. The molecule has 0 saturated carbocycles. The molecular weight excluding hydrogens is 235 g/mol. The van der Waals surface area contributed by atoms with Gasteiger partial charge in [0, 0.05) is 6.61 Å². The molecule has 0 aliphatic heterocycles. The molecular formula is C10H15FO4S. The van der Waals surface area contributed by atoms with Crippen molar-refractivity contribution < 1.29 is 22.5 Å². The van der Waals surface area contributed by atoms with Crippen LogP contribution >= 0.6 is 0 Å². The van der Waals surface area contributed by atoms with Crippen LogP contribution in [-0.2, 0) is 16.5 Å². The van der Waals surface area contributed by atoms with Gasteiger partial charge in [-0.15, -0.1) is 0 Å². The number of hydrogen-bond donors (Lipinski definition) is 2. The Kier molecular flexibility index (Phi) is 6.87. The van der Waals surface area contributed by atoms with Gasteiger partial charge in [-0.2, -0.15) is 8.42 Å². The van der Waals surface area contributed by atoms with Gasteiger partial charge in [0.1, 0.15) is 5.82 Å². The Morgan fingerprint density at radius 1 is 1.25 bits per heavy atom. The Morgan fingerprint density at radius 2 is 1.69 bits per heavy atom. The third kappa shape index (κ3) is 11.1. The lowest BCUT2D eigenvalue weighted by Gasteiger charge is -1.97. The van der Waals surface area contributed by atoms with Crippen molar-refractivity contribution in [2.75, 3.05) is 12.9 Å². The third-order valence-corrected chi connectivity index (χ3v) is 1.54. The molecule has 4 nitrogen and oxygen atoms in total. The Hall–Kier alpha value is -0.980. The van der Waals surface area contributed by atoms with E-state index in [2.05, 4.69) is 0 Å². The average molecular weight is 250 g/mol. The topological polar surface area (TPSA) is 74.6 Å². The van der Waals surface area contributed by atoms with Crippen LogP contribution in [0.15, 0.2) is 24.3 Å². The van der Waals surface area contributed by atoms with Crippen LogP contribution in [0.3, 0.4) is 0 Å². The average Bonchev–Trinajstić information content (AvgIpc) is 2.14. The molecule has 16 heavy (non-hydrogen) atoms. The zero-order chi connectivity index (χ0) is 12.6. The molecule has 0 aromatic heterocycles. The minimum atomic E-state index is -3.67. The van der Waals surface area contributed by atoms with E-state index in [1.54, 1.807) is 12.1 Å². The van der Waals surface area contributed by atoms with Gasteiger partial charge in [0.05, 0.1) is 6.26 Å². The minimum absolute atomic E-state index is 0.192. The van der Waals surface area contributed by atoms with Gasteiger partial charge in [0.2, 0.25) is 0 Å². The largest absolute Gasteiger partial charge is 0.396 e. The second-order valence-electron chi connectivity index (χ2n) is 3.19. The van der Waals surface area contributed by atoms with Crippen LogP contribution in [0.2, 0.25) is 0 Å². The third-order valence-electron chi connectivity index (χ3n) is 1.54. The molecule has 92 valence electrons. The summed E-state index contributed by atoms with van der Waals surface area (Å²) in [5.41, 5.74) is 1.07. The molecule has 0 unspecified atom stereocenters. The first kappa shape index (κ1) is 15.0. The summed E-state index contributed by atoms with van der Waals surface area (Å²) >= 11 is 0. The lowest BCUT2D eigenvalue weighted by atomic mass is 10.1. The standard InChI is InChI=1S/C9H11FO.CH4O3S/c10-9-5-3-8(4-6-9)2-1-7-11;1-5(2,3)4/h3-6,11H,1-2,7H2;1H3,(H,2,3,4). The van der Waals surface area contributed by atoms with Crippen molar-refractivity contribution >= 4 is 10.1 Å². The molecule has 0 fully saturated rings. The second-order valence-corrected chi connectivity index (χ2v) is 4.65. The molecule has 0 radical (unpaired) electrons. The molecule has 1 aromatic carbocycles. The normalized spacial score (nSPS) is 10.5. The first-order chi connectivity index (χ1) is 7.33. The maximum Gasteiger partial charge on any atom is 0.261 e. The molecule has 1 rings (SSSR count). The maximum absolute atomic E-state index is 12.4. The van der Waals surface area contributed by atoms with Crippen molar-refractivity contribution in [3.63, 3.8) is 0 Å². The van der Waals surface area contributed by atoms with Gasteiger partial charge in [0.15, 0.2) is 0 Å². The van der Waals surface area contributed by atoms with Gasteiger partial charge >= 0.3 is 0 Å². The van der Waals surface area contributed by atoms with Crippen LogP contribution in [0, 0.1) is 5.82 Å². The molecule has 1 aromatic rings. The fourth-order valence-corrected chi connectivity index (χ4v) is 0.934. The fourth-order valence-electron chi connectivity index (χ4n) is 0.934. The molecule has 2 N–H and O–H groups in total. The number of aliphatic hydroxyl groups excluding tert-OH is 1.